The van der Waals surface area contributed by atoms with Crippen LogP contribution in [0.5, 0.6) is 5.75 Å². The fraction of sp³-hybridized carbons (Fsp3) is 0.308. The number of hydrogen-bond donors (Lipinski definition) is 1. The number of rotatable bonds is 4. The minimum atomic E-state index is -0.297. The van der Waals surface area contributed by atoms with E-state index < -0.39 is 0 Å². The fourth-order valence-corrected chi connectivity index (χ4v) is 1.61. The lowest BCUT2D eigenvalue weighted by molar-refractivity contribution is 0.241. The molecular weight excluding hydrogens is 228 g/mol. The summed E-state index contributed by atoms with van der Waals surface area (Å²) in [6, 6.07) is 1.60. The van der Waals surface area contributed by atoms with Gasteiger partial charge in [-0.3, -0.25) is 4.98 Å². The van der Waals surface area contributed by atoms with Crippen molar-refractivity contribution in [1.82, 2.24) is 15.0 Å². The molecule has 0 saturated carbocycles. The zero-order valence-electron chi connectivity index (χ0n) is 10.4. The summed E-state index contributed by atoms with van der Waals surface area (Å²) < 4.78 is 5.59. The highest BCUT2D eigenvalue weighted by atomic mass is 16.5. The minimum absolute atomic E-state index is 0.110. The Morgan fingerprint density at radius 1 is 1.00 bits per heavy atom. The molecule has 0 aliphatic carbocycles. The normalized spacial score (nSPS) is 12.4. The van der Waals surface area contributed by atoms with Crippen molar-refractivity contribution in [2.75, 3.05) is 0 Å². The monoisotopic (exact) mass is 244 g/mol. The van der Waals surface area contributed by atoms with Crippen LogP contribution in [0.1, 0.15) is 31.0 Å². The highest BCUT2D eigenvalue weighted by molar-refractivity contribution is 5.31. The van der Waals surface area contributed by atoms with E-state index in [2.05, 4.69) is 15.0 Å². The van der Waals surface area contributed by atoms with E-state index >= 15 is 0 Å². The van der Waals surface area contributed by atoms with Gasteiger partial charge in [0.05, 0.1) is 18.3 Å². The first kappa shape index (κ1) is 12.4. The van der Waals surface area contributed by atoms with E-state index in [1.807, 2.05) is 19.9 Å². The van der Waals surface area contributed by atoms with Gasteiger partial charge in [-0.15, -0.1) is 0 Å². The second kappa shape index (κ2) is 5.55. The summed E-state index contributed by atoms with van der Waals surface area (Å²) in [5, 5.41) is 0. The predicted molar refractivity (Wildman–Crippen MR) is 68.1 cm³/mol. The summed E-state index contributed by atoms with van der Waals surface area (Å²) in [5.74, 6) is 0.717. The Labute approximate surface area is 106 Å². The van der Waals surface area contributed by atoms with E-state index in [0.29, 0.717) is 0 Å². The summed E-state index contributed by atoms with van der Waals surface area (Å²) >= 11 is 0. The van der Waals surface area contributed by atoms with E-state index in [4.69, 9.17) is 10.5 Å². The molecule has 0 aromatic carbocycles. The average Bonchev–Trinajstić information content (AvgIpc) is 2.38. The van der Waals surface area contributed by atoms with Gasteiger partial charge in [0.25, 0.3) is 0 Å². The van der Waals surface area contributed by atoms with Crippen LogP contribution in [0.4, 0.5) is 0 Å². The molecule has 0 aliphatic heterocycles. The number of nitrogens with two attached hydrogens (primary N) is 1. The molecular formula is C13H16N4O. The summed E-state index contributed by atoms with van der Waals surface area (Å²) in [4.78, 5) is 12.1. The maximum atomic E-state index is 6.14. The van der Waals surface area contributed by atoms with Crippen LogP contribution in [0.2, 0.25) is 0 Å². The summed E-state index contributed by atoms with van der Waals surface area (Å²) in [6.07, 6.45) is 8.40. The van der Waals surface area contributed by atoms with Crippen LogP contribution in [0.3, 0.4) is 0 Å². The molecule has 94 valence electrons. The Morgan fingerprint density at radius 3 is 2.33 bits per heavy atom. The topological polar surface area (TPSA) is 73.9 Å². The molecule has 0 radical (unpaired) electrons. The standard InChI is InChI=1S/C13H16N4O/c1-9(2)18-12-3-10(4-15-7-12)13(14)11-5-16-8-17-6-11/h3-9,13H,14H2,1-2H3. The second-order valence-corrected chi connectivity index (χ2v) is 4.27. The number of ether oxygens (including phenoxy) is 1. The van der Waals surface area contributed by atoms with Crippen molar-refractivity contribution in [1.29, 1.82) is 0 Å². The van der Waals surface area contributed by atoms with Gasteiger partial charge >= 0.3 is 0 Å². The lowest BCUT2D eigenvalue weighted by Crippen LogP contribution is -2.13. The van der Waals surface area contributed by atoms with Crippen LogP contribution in [0, 0.1) is 0 Å². The number of hydrogen-bond acceptors (Lipinski definition) is 5. The van der Waals surface area contributed by atoms with Gasteiger partial charge in [-0.2, -0.15) is 0 Å². The largest absolute Gasteiger partial charge is 0.489 e. The molecule has 5 nitrogen and oxygen atoms in total. The maximum absolute atomic E-state index is 6.14. The fourth-order valence-electron chi connectivity index (χ4n) is 1.61. The SMILES string of the molecule is CC(C)Oc1cncc(C(N)c2cncnc2)c1. The Morgan fingerprint density at radius 2 is 1.67 bits per heavy atom. The summed E-state index contributed by atoms with van der Waals surface area (Å²) in [7, 11) is 0. The average molecular weight is 244 g/mol. The molecule has 0 saturated heterocycles. The molecule has 2 heterocycles. The van der Waals surface area contributed by atoms with Crippen molar-refractivity contribution in [2.24, 2.45) is 5.73 Å². The van der Waals surface area contributed by atoms with Crippen LogP contribution < -0.4 is 10.5 Å². The van der Waals surface area contributed by atoms with E-state index in [0.717, 1.165) is 16.9 Å². The van der Waals surface area contributed by atoms with Gasteiger partial charge in [0.15, 0.2) is 0 Å². The van der Waals surface area contributed by atoms with Crippen molar-refractivity contribution in [3.8, 4) is 5.75 Å². The summed E-state index contributed by atoms with van der Waals surface area (Å²) in [5.41, 5.74) is 7.87. The molecule has 0 amide bonds. The minimum Gasteiger partial charge on any atom is -0.489 e. The van der Waals surface area contributed by atoms with Gasteiger partial charge in [-0.25, -0.2) is 9.97 Å². The van der Waals surface area contributed by atoms with E-state index in [1.165, 1.54) is 6.33 Å². The van der Waals surface area contributed by atoms with Crippen LogP contribution in [0.15, 0.2) is 37.2 Å². The Kier molecular flexibility index (Phi) is 3.84. The third-order valence-corrected chi connectivity index (χ3v) is 2.40. The quantitative estimate of drug-likeness (QED) is 0.886. The molecule has 0 aliphatic rings. The Bertz CT molecular complexity index is 501. The van der Waals surface area contributed by atoms with Crippen molar-refractivity contribution in [3.63, 3.8) is 0 Å². The van der Waals surface area contributed by atoms with Gasteiger partial charge in [0, 0.05) is 24.2 Å². The second-order valence-electron chi connectivity index (χ2n) is 4.27. The molecule has 2 N–H and O–H groups in total. The van der Waals surface area contributed by atoms with Gasteiger partial charge in [0.1, 0.15) is 12.1 Å². The van der Waals surface area contributed by atoms with Crippen LogP contribution in [-0.2, 0) is 0 Å². The lowest BCUT2D eigenvalue weighted by Gasteiger charge is -2.14. The van der Waals surface area contributed by atoms with Crippen LogP contribution in [-0.4, -0.2) is 21.1 Å². The molecule has 0 fully saturated rings. The highest BCUT2D eigenvalue weighted by Crippen LogP contribution is 2.21. The Hall–Kier alpha value is -2.01. The van der Waals surface area contributed by atoms with Gasteiger partial charge < -0.3 is 10.5 Å². The lowest BCUT2D eigenvalue weighted by atomic mass is 10.0. The first-order valence-corrected chi connectivity index (χ1v) is 5.79. The van der Waals surface area contributed by atoms with Crippen molar-refractivity contribution < 1.29 is 4.74 Å². The van der Waals surface area contributed by atoms with Gasteiger partial charge in [0.2, 0.25) is 0 Å². The van der Waals surface area contributed by atoms with Gasteiger partial charge in [-0.05, 0) is 25.5 Å². The molecule has 0 bridgehead atoms. The third-order valence-electron chi connectivity index (χ3n) is 2.40. The molecule has 2 rings (SSSR count). The van der Waals surface area contributed by atoms with Crippen molar-refractivity contribution in [2.45, 2.75) is 26.0 Å². The first-order valence-electron chi connectivity index (χ1n) is 5.79. The van der Waals surface area contributed by atoms with Crippen LogP contribution in [0.25, 0.3) is 0 Å². The number of aromatic nitrogens is 3. The number of pyridine rings is 1. The third kappa shape index (κ3) is 3.01. The highest BCUT2D eigenvalue weighted by Gasteiger charge is 2.11. The van der Waals surface area contributed by atoms with Crippen molar-refractivity contribution in [3.05, 3.63) is 48.3 Å². The predicted octanol–water partition coefficient (Wildman–Crippen LogP) is 1.71. The molecule has 0 spiro atoms. The first-order chi connectivity index (χ1) is 8.66. The molecule has 1 unspecified atom stereocenters. The summed E-state index contributed by atoms with van der Waals surface area (Å²) in [6.45, 7) is 3.94. The molecule has 5 heteroatoms. The molecule has 1 atom stereocenters. The van der Waals surface area contributed by atoms with Crippen molar-refractivity contribution >= 4 is 0 Å². The Balaban J connectivity index is 2.23. The maximum Gasteiger partial charge on any atom is 0.138 e. The number of nitrogens with zero attached hydrogens (tertiary/aromatic N) is 3. The van der Waals surface area contributed by atoms with Gasteiger partial charge in [-0.1, -0.05) is 0 Å². The molecule has 2 aromatic heterocycles. The van der Waals surface area contributed by atoms with E-state index in [1.54, 1.807) is 24.8 Å². The smallest absolute Gasteiger partial charge is 0.138 e. The molecule has 18 heavy (non-hydrogen) atoms. The van der Waals surface area contributed by atoms with E-state index in [-0.39, 0.29) is 12.1 Å². The van der Waals surface area contributed by atoms with E-state index in [9.17, 15) is 0 Å². The van der Waals surface area contributed by atoms with Crippen LogP contribution >= 0.6 is 0 Å². The zero-order chi connectivity index (χ0) is 13.0. The molecule has 2 aromatic rings. The zero-order valence-corrected chi connectivity index (χ0v) is 10.4.